The van der Waals surface area contributed by atoms with E-state index in [2.05, 4.69) is 20.8 Å². The Morgan fingerprint density at radius 1 is 1.11 bits per heavy atom. The Labute approximate surface area is 254 Å². The van der Waals surface area contributed by atoms with E-state index in [4.69, 9.17) is 21.1 Å². The van der Waals surface area contributed by atoms with Crippen LogP contribution in [-0.2, 0) is 29.6 Å². The second kappa shape index (κ2) is 9.90. The van der Waals surface area contributed by atoms with Crippen LogP contribution in [0.1, 0.15) is 30.5 Å². The van der Waals surface area contributed by atoms with Gasteiger partial charge < -0.3 is 19.7 Å². The highest BCUT2D eigenvalue weighted by atomic mass is 35.5. The summed E-state index contributed by atoms with van der Waals surface area (Å²) >= 11 is 6.34. The second-order valence-corrected chi connectivity index (χ2v) is 11.4. The SMILES string of the molecule is O=C=C1OC2(CCOC2)n2c1cc1cc(NC(=O)[C@@H]3CCC4=CC(c5cc(Cl)ccc5-n5cnnn5)=CC(=C=O)N43)ccc12. The fraction of sp³-hybridized carbons (Fsp3) is 0.226. The molecule has 1 spiro atoms. The van der Waals surface area contributed by atoms with Gasteiger partial charge in [-0.3, -0.25) is 9.36 Å². The predicted molar refractivity (Wildman–Crippen MR) is 158 cm³/mol. The summed E-state index contributed by atoms with van der Waals surface area (Å²) in [5.41, 5.74) is 4.54. The van der Waals surface area contributed by atoms with Crippen LogP contribution >= 0.6 is 11.6 Å². The molecule has 2 saturated heterocycles. The van der Waals surface area contributed by atoms with Gasteiger partial charge in [-0.05, 0) is 83.5 Å². The van der Waals surface area contributed by atoms with Crippen molar-refractivity contribution >= 4 is 57.3 Å². The van der Waals surface area contributed by atoms with Crippen molar-refractivity contribution in [3.63, 3.8) is 0 Å². The lowest BCUT2D eigenvalue weighted by molar-refractivity contribution is -0.119. The molecule has 2 fully saturated rings. The third-order valence-corrected chi connectivity index (χ3v) is 8.74. The van der Waals surface area contributed by atoms with Gasteiger partial charge in [0.25, 0.3) is 0 Å². The van der Waals surface area contributed by atoms with Crippen LogP contribution in [0.3, 0.4) is 0 Å². The quantitative estimate of drug-likeness (QED) is 0.345. The molecule has 0 radical (unpaired) electrons. The molecule has 1 amide bonds. The molecule has 2 atom stereocenters. The number of hydrogen-bond acceptors (Lipinski definition) is 9. The smallest absolute Gasteiger partial charge is 0.247 e. The molecule has 1 N–H and O–H groups in total. The topological polar surface area (TPSA) is 133 Å². The van der Waals surface area contributed by atoms with Crippen molar-refractivity contribution in [2.24, 2.45) is 0 Å². The molecule has 4 aromatic rings. The first-order valence-corrected chi connectivity index (χ1v) is 14.3. The Hall–Kier alpha value is -5.25. The van der Waals surface area contributed by atoms with E-state index in [1.165, 1.54) is 11.0 Å². The number of nitrogens with one attached hydrogen (secondary N) is 1. The molecule has 1 unspecified atom stereocenters. The Morgan fingerprint density at radius 3 is 2.80 bits per heavy atom. The molecule has 218 valence electrons. The Morgan fingerprint density at radius 2 is 2.02 bits per heavy atom. The molecule has 6 heterocycles. The number of amides is 1. The fourth-order valence-electron chi connectivity index (χ4n) is 6.61. The van der Waals surface area contributed by atoms with Gasteiger partial charge in [0.05, 0.1) is 23.5 Å². The molecule has 0 aliphatic carbocycles. The van der Waals surface area contributed by atoms with Crippen molar-refractivity contribution in [2.75, 3.05) is 18.5 Å². The number of tetrazole rings is 1. The number of rotatable bonds is 4. The van der Waals surface area contributed by atoms with Crippen molar-refractivity contribution in [1.29, 1.82) is 0 Å². The third-order valence-electron chi connectivity index (χ3n) is 8.50. The highest BCUT2D eigenvalue weighted by Crippen LogP contribution is 2.45. The number of nitrogens with zero attached hydrogens (tertiary/aromatic N) is 6. The fourth-order valence-corrected chi connectivity index (χ4v) is 6.78. The Kier molecular flexibility index (Phi) is 5.94. The van der Waals surface area contributed by atoms with Gasteiger partial charge in [-0.2, -0.15) is 4.68 Å². The monoisotopic (exact) mass is 607 g/mol. The molecule has 0 saturated carbocycles. The molecule has 4 aliphatic rings. The molecule has 13 heteroatoms. The molecule has 44 heavy (non-hydrogen) atoms. The lowest BCUT2D eigenvalue weighted by Gasteiger charge is -2.29. The maximum Gasteiger partial charge on any atom is 0.247 e. The minimum Gasteiger partial charge on any atom is -0.452 e. The van der Waals surface area contributed by atoms with Gasteiger partial charge in [-0.15, -0.1) is 5.10 Å². The number of carbonyl (C=O) groups excluding carboxylic acids is 3. The van der Waals surface area contributed by atoms with Gasteiger partial charge in [0.2, 0.25) is 17.4 Å². The predicted octanol–water partition coefficient (Wildman–Crippen LogP) is 3.65. The van der Waals surface area contributed by atoms with Gasteiger partial charge in [0, 0.05) is 33.8 Å². The summed E-state index contributed by atoms with van der Waals surface area (Å²) in [5, 5.41) is 15.8. The zero-order valence-corrected chi connectivity index (χ0v) is 23.7. The summed E-state index contributed by atoms with van der Waals surface area (Å²) < 4.78 is 15.1. The van der Waals surface area contributed by atoms with Gasteiger partial charge in [0.15, 0.2) is 11.9 Å². The number of halogens is 1. The van der Waals surface area contributed by atoms with E-state index in [-0.39, 0.29) is 17.4 Å². The standard InChI is InChI=1S/C31H22ClN7O5/c32-20-1-4-26(37-17-33-35-36-37)24(13-20)18-10-22-3-6-27(38(22)23(11-18)14-40)30(42)34-21-2-5-25-19(9-21)12-28-29(15-41)44-31(39(25)28)7-8-43-16-31/h1-2,4-5,9-13,17,27H,3,6-8,16H2,(H,34,42)/t27-,31?/m0/s1. The molecule has 2 aromatic carbocycles. The van der Waals surface area contributed by atoms with Gasteiger partial charge in [-0.1, -0.05) is 11.6 Å². The summed E-state index contributed by atoms with van der Waals surface area (Å²) in [6.07, 6.45) is 6.82. The maximum absolute atomic E-state index is 13.6. The number of benzene rings is 2. The lowest BCUT2D eigenvalue weighted by Crippen LogP contribution is -2.39. The summed E-state index contributed by atoms with van der Waals surface area (Å²) in [4.78, 5) is 39.2. The van der Waals surface area contributed by atoms with Gasteiger partial charge in [-0.25, -0.2) is 9.59 Å². The average Bonchev–Trinajstić information content (AvgIpc) is 3.87. The van der Waals surface area contributed by atoms with Crippen LogP contribution in [-0.4, -0.2) is 66.7 Å². The van der Waals surface area contributed by atoms with E-state index < -0.39 is 11.8 Å². The minimum atomic E-state index is -0.766. The third kappa shape index (κ3) is 3.97. The number of anilines is 1. The van der Waals surface area contributed by atoms with Crippen molar-refractivity contribution in [1.82, 2.24) is 29.7 Å². The van der Waals surface area contributed by atoms with Crippen LogP contribution in [0.25, 0.3) is 27.9 Å². The second-order valence-electron chi connectivity index (χ2n) is 11.0. The number of allylic oxidation sites excluding steroid dienone is 4. The highest BCUT2D eigenvalue weighted by molar-refractivity contribution is 6.30. The Balaban J connectivity index is 1.07. The van der Waals surface area contributed by atoms with E-state index in [0.29, 0.717) is 54.6 Å². The van der Waals surface area contributed by atoms with E-state index >= 15 is 0 Å². The molecular formula is C31H22ClN7O5. The van der Waals surface area contributed by atoms with Crippen molar-refractivity contribution < 1.29 is 23.9 Å². The van der Waals surface area contributed by atoms with Crippen molar-refractivity contribution in [2.45, 2.75) is 31.0 Å². The highest BCUT2D eigenvalue weighted by Gasteiger charge is 2.48. The zero-order chi connectivity index (χ0) is 30.0. The average molecular weight is 608 g/mol. The molecule has 12 nitrogen and oxygen atoms in total. The van der Waals surface area contributed by atoms with E-state index in [0.717, 1.165) is 27.7 Å². The molecule has 2 aromatic heterocycles. The lowest BCUT2D eigenvalue weighted by atomic mass is 9.98. The molecule has 0 bridgehead atoms. The molecule has 4 aliphatic heterocycles. The number of ether oxygens (including phenoxy) is 2. The van der Waals surface area contributed by atoms with Gasteiger partial charge in [0.1, 0.15) is 24.7 Å². The summed E-state index contributed by atoms with van der Waals surface area (Å²) in [6, 6.07) is 12.1. The van der Waals surface area contributed by atoms with Crippen LogP contribution in [0.4, 0.5) is 5.69 Å². The van der Waals surface area contributed by atoms with Crippen molar-refractivity contribution in [3.05, 3.63) is 88.6 Å². The summed E-state index contributed by atoms with van der Waals surface area (Å²) in [7, 11) is 0. The van der Waals surface area contributed by atoms with Gasteiger partial charge >= 0.3 is 0 Å². The normalized spacial score (nSPS) is 21.9. The van der Waals surface area contributed by atoms with Crippen LogP contribution in [0.15, 0.2) is 72.3 Å². The van der Waals surface area contributed by atoms with Crippen LogP contribution in [0.2, 0.25) is 5.02 Å². The summed E-state index contributed by atoms with van der Waals surface area (Å²) in [5.74, 6) is 3.84. The first-order chi connectivity index (χ1) is 21.5. The van der Waals surface area contributed by atoms with E-state index in [9.17, 15) is 14.4 Å². The molecular weight excluding hydrogens is 586 g/mol. The van der Waals surface area contributed by atoms with E-state index in [1.807, 2.05) is 46.8 Å². The first kappa shape index (κ1) is 26.4. The van der Waals surface area contributed by atoms with E-state index in [1.54, 1.807) is 29.2 Å². The number of fused-ring (bicyclic) bond motifs is 5. The number of aromatic nitrogens is 5. The van der Waals surface area contributed by atoms with Crippen LogP contribution < -0.4 is 5.32 Å². The molecule has 8 rings (SSSR count). The van der Waals surface area contributed by atoms with Crippen LogP contribution in [0, 0.1) is 0 Å². The first-order valence-electron chi connectivity index (χ1n) is 14.0. The maximum atomic E-state index is 13.6. The van der Waals surface area contributed by atoms with Crippen LogP contribution in [0.5, 0.6) is 0 Å². The zero-order valence-electron chi connectivity index (χ0n) is 23.0. The largest absolute Gasteiger partial charge is 0.452 e. The number of carbonyl (C=O) groups is 1. The van der Waals surface area contributed by atoms with Crippen molar-refractivity contribution in [3.8, 4) is 5.69 Å². The number of hydrogen-bond donors (Lipinski definition) is 1. The minimum absolute atomic E-state index is 0.149. The summed E-state index contributed by atoms with van der Waals surface area (Å²) in [6.45, 7) is 0.862. The Bertz CT molecular complexity index is 2040.